The molecule has 0 saturated carbocycles. The third kappa shape index (κ3) is 4.57. The van der Waals surface area contributed by atoms with Crippen LogP contribution in [-0.2, 0) is 4.74 Å². The number of morpholine rings is 1. The van der Waals surface area contributed by atoms with Crippen LogP contribution in [0.15, 0.2) is 0 Å². The number of nitrogens with zero attached hydrogens (tertiary/aromatic N) is 1. The molecule has 2 rings (SSSR count). The normalized spacial score (nSPS) is 28.4. The molecule has 0 aromatic rings. The van der Waals surface area contributed by atoms with Gasteiger partial charge in [-0.25, -0.2) is 0 Å². The van der Waals surface area contributed by atoms with Crippen LogP contribution in [0.25, 0.3) is 0 Å². The Morgan fingerprint density at radius 3 is 2.71 bits per heavy atom. The summed E-state index contributed by atoms with van der Waals surface area (Å²) < 4.78 is 5.49. The zero-order chi connectivity index (χ0) is 11.9. The van der Waals surface area contributed by atoms with E-state index in [0.717, 1.165) is 25.7 Å². The molecular weight excluding hydrogens is 212 g/mol. The van der Waals surface area contributed by atoms with Crippen molar-refractivity contribution in [3.8, 4) is 0 Å². The first-order valence-electron chi connectivity index (χ1n) is 7.42. The maximum atomic E-state index is 5.49. The van der Waals surface area contributed by atoms with E-state index in [2.05, 4.69) is 17.1 Å². The van der Waals surface area contributed by atoms with Crippen molar-refractivity contribution in [2.75, 3.05) is 39.4 Å². The van der Waals surface area contributed by atoms with Crippen molar-refractivity contribution >= 4 is 0 Å². The van der Waals surface area contributed by atoms with Crippen molar-refractivity contribution in [3.05, 3.63) is 0 Å². The molecule has 2 aliphatic rings. The summed E-state index contributed by atoms with van der Waals surface area (Å²) in [6.07, 6.45) is 6.88. The van der Waals surface area contributed by atoms with Gasteiger partial charge in [0, 0.05) is 12.6 Å². The highest BCUT2D eigenvalue weighted by molar-refractivity contribution is 4.76. The Morgan fingerprint density at radius 2 is 2.06 bits per heavy atom. The highest BCUT2D eigenvalue weighted by Crippen LogP contribution is 2.21. The summed E-state index contributed by atoms with van der Waals surface area (Å²) in [4.78, 5) is 2.64. The van der Waals surface area contributed by atoms with E-state index in [4.69, 9.17) is 4.74 Å². The number of nitrogens with one attached hydrogen (secondary N) is 1. The minimum Gasteiger partial charge on any atom is -0.379 e. The van der Waals surface area contributed by atoms with Crippen LogP contribution in [0.3, 0.4) is 0 Å². The fourth-order valence-corrected chi connectivity index (χ4v) is 3.05. The van der Waals surface area contributed by atoms with Crippen LogP contribution in [0, 0.1) is 5.92 Å². The standard InChI is InChI=1S/C14H28N2O/c1-2-3-13-4-8-16(9-5-13)10-6-14-12-17-11-7-15-14/h13-15H,2-12H2,1H3. The molecule has 0 amide bonds. The van der Waals surface area contributed by atoms with Gasteiger partial charge in [-0.15, -0.1) is 0 Å². The zero-order valence-corrected chi connectivity index (χ0v) is 11.3. The van der Waals surface area contributed by atoms with E-state index >= 15 is 0 Å². The molecule has 0 radical (unpaired) electrons. The molecule has 1 N–H and O–H groups in total. The maximum Gasteiger partial charge on any atom is 0.0620 e. The van der Waals surface area contributed by atoms with Crippen LogP contribution in [0.2, 0.25) is 0 Å². The van der Waals surface area contributed by atoms with Crippen LogP contribution >= 0.6 is 0 Å². The van der Waals surface area contributed by atoms with Crippen LogP contribution in [0.1, 0.15) is 39.0 Å². The third-order valence-electron chi connectivity index (χ3n) is 4.20. The summed E-state index contributed by atoms with van der Waals surface area (Å²) in [6.45, 7) is 9.02. The lowest BCUT2D eigenvalue weighted by molar-refractivity contribution is 0.0674. The molecule has 0 aromatic heterocycles. The highest BCUT2D eigenvalue weighted by Gasteiger charge is 2.20. The molecule has 100 valence electrons. The fraction of sp³-hybridized carbons (Fsp3) is 1.00. The topological polar surface area (TPSA) is 24.5 Å². The molecule has 0 bridgehead atoms. The number of hydrogen-bond donors (Lipinski definition) is 1. The highest BCUT2D eigenvalue weighted by atomic mass is 16.5. The van der Waals surface area contributed by atoms with Crippen molar-refractivity contribution in [1.29, 1.82) is 0 Å². The molecule has 2 heterocycles. The lowest BCUT2D eigenvalue weighted by atomic mass is 9.92. The summed E-state index contributed by atoms with van der Waals surface area (Å²) in [5.41, 5.74) is 0. The van der Waals surface area contributed by atoms with Gasteiger partial charge >= 0.3 is 0 Å². The number of likely N-dealkylation sites (tertiary alicyclic amines) is 1. The molecule has 0 spiro atoms. The Balaban J connectivity index is 1.57. The summed E-state index contributed by atoms with van der Waals surface area (Å²) in [5.74, 6) is 1.01. The summed E-state index contributed by atoms with van der Waals surface area (Å²) in [7, 11) is 0. The van der Waals surface area contributed by atoms with E-state index in [-0.39, 0.29) is 0 Å². The Kier molecular flexibility index (Phi) is 5.75. The van der Waals surface area contributed by atoms with E-state index in [1.165, 1.54) is 51.7 Å². The molecule has 3 heteroatoms. The average molecular weight is 240 g/mol. The van der Waals surface area contributed by atoms with Gasteiger partial charge in [-0.3, -0.25) is 0 Å². The van der Waals surface area contributed by atoms with Gasteiger partial charge in [-0.2, -0.15) is 0 Å². The Bertz CT molecular complexity index is 196. The summed E-state index contributed by atoms with van der Waals surface area (Å²) in [6, 6.07) is 0.595. The molecule has 3 nitrogen and oxygen atoms in total. The van der Waals surface area contributed by atoms with Gasteiger partial charge in [-0.05, 0) is 44.8 Å². The van der Waals surface area contributed by atoms with Gasteiger partial charge in [-0.1, -0.05) is 19.8 Å². The Morgan fingerprint density at radius 1 is 1.24 bits per heavy atom. The van der Waals surface area contributed by atoms with Gasteiger partial charge in [0.25, 0.3) is 0 Å². The van der Waals surface area contributed by atoms with E-state index in [1.807, 2.05) is 0 Å². The Labute approximate surface area is 106 Å². The van der Waals surface area contributed by atoms with Crippen molar-refractivity contribution < 1.29 is 4.74 Å². The predicted octanol–water partition coefficient (Wildman–Crippen LogP) is 1.88. The first kappa shape index (κ1) is 13.3. The quantitative estimate of drug-likeness (QED) is 0.794. The first-order valence-corrected chi connectivity index (χ1v) is 7.42. The molecule has 17 heavy (non-hydrogen) atoms. The molecule has 0 aromatic carbocycles. The van der Waals surface area contributed by atoms with Crippen LogP contribution in [0.4, 0.5) is 0 Å². The monoisotopic (exact) mass is 240 g/mol. The lowest BCUT2D eigenvalue weighted by Gasteiger charge is -2.33. The second kappa shape index (κ2) is 7.34. The second-order valence-electron chi connectivity index (χ2n) is 5.59. The van der Waals surface area contributed by atoms with Crippen molar-refractivity contribution in [2.24, 2.45) is 5.92 Å². The smallest absolute Gasteiger partial charge is 0.0620 e. The van der Waals surface area contributed by atoms with E-state index in [1.54, 1.807) is 0 Å². The molecule has 2 aliphatic heterocycles. The van der Waals surface area contributed by atoms with Crippen LogP contribution < -0.4 is 5.32 Å². The number of hydrogen-bond acceptors (Lipinski definition) is 3. The molecule has 2 fully saturated rings. The maximum absolute atomic E-state index is 5.49. The minimum atomic E-state index is 0.595. The third-order valence-corrected chi connectivity index (χ3v) is 4.20. The van der Waals surface area contributed by atoms with E-state index in [9.17, 15) is 0 Å². The number of piperidine rings is 1. The SMILES string of the molecule is CCCC1CCN(CCC2COCCN2)CC1. The molecular formula is C14H28N2O. The molecule has 1 atom stereocenters. The van der Waals surface area contributed by atoms with Crippen molar-refractivity contribution in [1.82, 2.24) is 10.2 Å². The van der Waals surface area contributed by atoms with Gasteiger partial charge < -0.3 is 15.0 Å². The van der Waals surface area contributed by atoms with Gasteiger partial charge in [0.15, 0.2) is 0 Å². The van der Waals surface area contributed by atoms with Crippen LogP contribution in [-0.4, -0.2) is 50.3 Å². The van der Waals surface area contributed by atoms with E-state index in [0.29, 0.717) is 6.04 Å². The molecule has 2 saturated heterocycles. The number of ether oxygens (including phenoxy) is 1. The van der Waals surface area contributed by atoms with Gasteiger partial charge in [0.05, 0.1) is 13.2 Å². The minimum absolute atomic E-state index is 0.595. The van der Waals surface area contributed by atoms with Crippen molar-refractivity contribution in [2.45, 2.75) is 45.1 Å². The summed E-state index contributed by atoms with van der Waals surface area (Å²) in [5, 5.41) is 3.54. The van der Waals surface area contributed by atoms with Gasteiger partial charge in [0.2, 0.25) is 0 Å². The van der Waals surface area contributed by atoms with Crippen LogP contribution in [0.5, 0.6) is 0 Å². The lowest BCUT2D eigenvalue weighted by Crippen LogP contribution is -2.44. The fourth-order valence-electron chi connectivity index (χ4n) is 3.05. The predicted molar refractivity (Wildman–Crippen MR) is 71.3 cm³/mol. The van der Waals surface area contributed by atoms with Gasteiger partial charge in [0.1, 0.15) is 0 Å². The first-order chi connectivity index (χ1) is 8.38. The van der Waals surface area contributed by atoms with Crippen molar-refractivity contribution in [3.63, 3.8) is 0 Å². The second-order valence-corrected chi connectivity index (χ2v) is 5.59. The zero-order valence-electron chi connectivity index (χ0n) is 11.3. The number of rotatable bonds is 5. The Hall–Kier alpha value is -0.120. The average Bonchev–Trinajstić information content (AvgIpc) is 2.40. The summed E-state index contributed by atoms with van der Waals surface area (Å²) >= 11 is 0. The largest absolute Gasteiger partial charge is 0.379 e. The van der Waals surface area contributed by atoms with E-state index < -0.39 is 0 Å². The molecule has 1 unspecified atom stereocenters. The molecule has 0 aliphatic carbocycles.